The third kappa shape index (κ3) is 6.43. The molecule has 0 saturated heterocycles. The predicted octanol–water partition coefficient (Wildman–Crippen LogP) is 2.45. The lowest BCUT2D eigenvalue weighted by molar-refractivity contribution is -0.161. The van der Waals surface area contributed by atoms with Crippen LogP contribution in [0.25, 0.3) is 0 Å². The van der Waals surface area contributed by atoms with E-state index in [9.17, 15) is 9.59 Å². The Hall–Kier alpha value is -1.06. The molecule has 0 bridgehead atoms. The van der Waals surface area contributed by atoms with Crippen LogP contribution in [0, 0.1) is 0 Å². The van der Waals surface area contributed by atoms with E-state index in [0.717, 1.165) is 0 Å². The van der Waals surface area contributed by atoms with Crippen molar-refractivity contribution in [1.29, 1.82) is 0 Å². The van der Waals surface area contributed by atoms with E-state index in [4.69, 9.17) is 9.47 Å². The van der Waals surface area contributed by atoms with Gasteiger partial charge in [-0.2, -0.15) is 0 Å². The molecule has 0 aromatic rings. The van der Waals surface area contributed by atoms with Crippen LogP contribution in [0.5, 0.6) is 0 Å². The molecule has 0 amide bonds. The fourth-order valence-electron chi connectivity index (χ4n) is 1.46. The van der Waals surface area contributed by atoms with Crippen molar-refractivity contribution in [3.8, 4) is 0 Å². The van der Waals surface area contributed by atoms with Crippen LogP contribution in [0.4, 0.5) is 0 Å². The van der Waals surface area contributed by atoms with Crippen LogP contribution in [0.3, 0.4) is 0 Å². The van der Waals surface area contributed by atoms with Gasteiger partial charge < -0.3 is 9.47 Å². The summed E-state index contributed by atoms with van der Waals surface area (Å²) in [7, 11) is 0. The van der Waals surface area contributed by atoms with Gasteiger partial charge in [-0.05, 0) is 20.8 Å². The highest BCUT2D eigenvalue weighted by Gasteiger charge is 2.26. The SMILES string of the molecule is CCC(=O)OC(C)CC(C)(C)OC(=O)CC. The second-order valence-electron chi connectivity index (χ2n) is 4.45. The fraction of sp³-hybridized carbons (Fsp3) is 0.833. The van der Waals surface area contributed by atoms with Crippen LogP contribution in [-0.2, 0) is 19.1 Å². The van der Waals surface area contributed by atoms with E-state index in [1.165, 1.54) is 0 Å². The number of hydrogen-bond donors (Lipinski definition) is 0. The summed E-state index contributed by atoms with van der Waals surface area (Å²) in [5.74, 6) is -0.468. The Morgan fingerprint density at radius 2 is 1.62 bits per heavy atom. The monoisotopic (exact) mass is 230 g/mol. The molecule has 0 heterocycles. The summed E-state index contributed by atoms with van der Waals surface area (Å²) in [6.45, 7) is 8.93. The first-order chi connectivity index (χ1) is 7.30. The smallest absolute Gasteiger partial charge is 0.306 e. The number of carbonyl (C=O) groups excluding carboxylic acids is 2. The van der Waals surface area contributed by atoms with E-state index in [-0.39, 0.29) is 18.0 Å². The molecular formula is C12H22O4. The van der Waals surface area contributed by atoms with Crippen molar-refractivity contribution < 1.29 is 19.1 Å². The molecule has 0 aliphatic carbocycles. The Morgan fingerprint density at radius 3 is 2.06 bits per heavy atom. The molecule has 94 valence electrons. The van der Waals surface area contributed by atoms with E-state index < -0.39 is 5.60 Å². The molecule has 0 aliphatic heterocycles. The van der Waals surface area contributed by atoms with Gasteiger partial charge in [0.05, 0.1) is 0 Å². The zero-order valence-electron chi connectivity index (χ0n) is 10.8. The minimum Gasteiger partial charge on any atom is -0.463 e. The third-order valence-electron chi connectivity index (χ3n) is 2.08. The number of esters is 2. The summed E-state index contributed by atoms with van der Waals surface area (Å²) in [5, 5.41) is 0. The lowest BCUT2D eigenvalue weighted by Gasteiger charge is -2.27. The molecule has 1 atom stereocenters. The van der Waals surface area contributed by atoms with Gasteiger partial charge in [-0.15, -0.1) is 0 Å². The zero-order valence-corrected chi connectivity index (χ0v) is 10.8. The maximum atomic E-state index is 11.2. The summed E-state index contributed by atoms with van der Waals surface area (Å²) in [4.78, 5) is 22.2. The molecule has 16 heavy (non-hydrogen) atoms. The average Bonchev–Trinajstić information content (AvgIpc) is 2.15. The molecule has 0 saturated carbocycles. The molecule has 4 nitrogen and oxygen atoms in total. The first kappa shape index (κ1) is 14.9. The van der Waals surface area contributed by atoms with E-state index in [1.807, 2.05) is 13.8 Å². The number of rotatable bonds is 6. The Balaban J connectivity index is 4.14. The van der Waals surface area contributed by atoms with Gasteiger partial charge in [0, 0.05) is 19.3 Å². The molecule has 0 fully saturated rings. The van der Waals surface area contributed by atoms with Crippen LogP contribution < -0.4 is 0 Å². The second kappa shape index (κ2) is 6.51. The maximum Gasteiger partial charge on any atom is 0.306 e. The van der Waals surface area contributed by atoms with Crippen molar-refractivity contribution in [2.75, 3.05) is 0 Å². The van der Waals surface area contributed by atoms with Crippen LogP contribution in [0.2, 0.25) is 0 Å². The molecular weight excluding hydrogens is 208 g/mol. The summed E-state index contributed by atoms with van der Waals surface area (Å²) in [5.41, 5.74) is -0.597. The van der Waals surface area contributed by atoms with Crippen molar-refractivity contribution in [2.45, 2.75) is 65.6 Å². The fourth-order valence-corrected chi connectivity index (χ4v) is 1.46. The molecule has 0 rings (SSSR count). The van der Waals surface area contributed by atoms with Gasteiger partial charge in [-0.3, -0.25) is 9.59 Å². The van der Waals surface area contributed by atoms with Gasteiger partial charge in [-0.25, -0.2) is 0 Å². The van der Waals surface area contributed by atoms with Gasteiger partial charge in [-0.1, -0.05) is 13.8 Å². The van der Waals surface area contributed by atoms with Crippen LogP contribution in [0.15, 0.2) is 0 Å². The van der Waals surface area contributed by atoms with Gasteiger partial charge >= 0.3 is 11.9 Å². The highest BCUT2D eigenvalue weighted by Crippen LogP contribution is 2.19. The van der Waals surface area contributed by atoms with E-state index in [2.05, 4.69) is 0 Å². The van der Waals surface area contributed by atoms with Crippen LogP contribution >= 0.6 is 0 Å². The quantitative estimate of drug-likeness (QED) is 0.658. The molecule has 4 heteroatoms. The zero-order chi connectivity index (χ0) is 12.8. The highest BCUT2D eigenvalue weighted by molar-refractivity contribution is 5.69. The lowest BCUT2D eigenvalue weighted by atomic mass is 10.0. The molecule has 0 spiro atoms. The summed E-state index contributed by atoms with van der Waals surface area (Å²) < 4.78 is 10.4. The Morgan fingerprint density at radius 1 is 1.12 bits per heavy atom. The second-order valence-corrected chi connectivity index (χ2v) is 4.45. The minimum absolute atomic E-state index is 0.231. The highest BCUT2D eigenvalue weighted by atomic mass is 16.6. The molecule has 0 radical (unpaired) electrons. The van der Waals surface area contributed by atoms with Gasteiger partial charge in [0.25, 0.3) is 0 Å². The maximum absolute atomic E-state index is 11.2. The van der Waals surface area contributed by atoms with Crippen LogP contribution in [-0.4, -0.2) is 23.6 Å². The van der Waals surface area contributed by atoms with E-state index in [0.29, 0.717) is 19.3 Å². The number of carbonyl (C=O) groups is 2. The lowest BCUT2D eigenvalue weighted by Crippen LogP contribution is -2.33. The van der Waals surface area contributed by atoms with Crippen molar-refractivity contribution in [1.82, 2.24) is 0 Å². The molecule has 0 aliphatic rings. The average molecular weight is 230 g/mol. The van der Waals surface area contributed by atoms with Gasteiger partial charge in [0.2, 0.25) is 0 Å². The van der Waals surface area contributed by atoms with Gasteiger partial charge in [0.15, 0.2) is 0 Å². The molecule has 1 unspecified atom stereocenters. The molecule has 0 aromatic heterocycles. The van der Waals surface area contributed by atoms with Crippen LogP contribution in [0.1, 0.15) is 53.9 Å². The van der Waals surface area contributed by atoms with Crippen molar-refractivity contribution >= 4 is 11.9 Å². The topological polar surface area (TPSA) is 52.6 Å². The normalized spacial score (nSPS) is 13.1. The Kier molecular flexibility index (Phi) is 6.08. The summed E-state index contributed by atoms with van der Waals surface area (Å²) in [6.07, 6.45) is 0.975. The first-order valence-corrected chi connectivity index (χ1v) is 5.72. The van der Waals surface area contributed by atoms with E-state index >= 15 is 0 Å². The third-order valence-corrected chi connectivity index (χ3v) is 2.08. The largest absolute Gasteiger partial charge is 0.463 e. The van der Waals surface area contributed by atoms with Gasteiger partial charge in [0.1, 0.15) is 11.7 Å². The summed E-state index contributed by atoms with van der Waals surface area (Å²) >= 11 is 0. The van der Waals surface area contributed by atoms with Crippen molar-refractivity contribution in [2.24, 2.45) is 0 Å². The Bertz CT molecular complexity index is 245. The minimum atomic E-state index is -0.597. The first-order valence-electron chi connectivity index (χ1n) is 5.72. The number of ether oxygens (including phenoxy) is 2. The predicted molar refractivity (Wildman–Crippen MR) is 60.9 cm³/mol. The standard InChI is InChI=1S/C12H22O4/c1-6-10(13)15-9(3)8-12(4,5)16-11(14)7-2/h9H,6-8H2,1-5H3. The van der Waals surface area contributed by atoms with Crippen molar-refractivity contribution in [3.63, 3.8) is 0 Å². The Labute approximate surface area is 97.3 Å². The van der Waals surface area contributed by atoms with Crippen molar-refractivity contribution in [3.05, 3.63) is 0 Å². The van der Waals surface area contributed by atoms with E-state index in [1.54, 1.807) is 20.8 Å². The summed E-state index contributed by atoms with van der Waals surface area (Å²) in [6, 6.07) is 0. The molecule has 0 aromatic carbocycles. The molecule has 0 N–H and O–H groups in total. The number of hydrogen-bond acceptors (Lipinski definition) is 4.